The van der Waals surface area contributed by atoms with Crippen molar-refractivity contribution in [3.63, 3.8) is 0 Å². The molecule has 0 unspecified atom stereocenters. The number of primary amides is 1. The van der Waals surface area contributed by atoms with E-state index in [2.05, 4.69) is 10.6 Å². The van der Waals surface area contributed by atoms with Crippen molar-refractivity contribution in [2.24, 2.45) is 5.73 Å². The summed E-state index contributed by atoms with van der Waals surface area (Å²) in [6.07, 6.45) is 0. The lowest BCUT2D eigenvalue weighted by atomic mass is 10.1. The van der Waals surface area contributed by atoms with Crippen molar-refractivity contribution < 1.29 is 4.79 Å². The first kappa shape index (κ1) is 10.3. The van der Waals surface area contributed by atoms with Crippen molar-refractivity contribution in [3.8, 4) is 0 Å². The van der Waals surface area contributed by atoms with Gasteiger partial charge in [0.15, 0.2) is 0 Å². The fourth-order valence-electron chi connectivity index (χ4n) is 1.46. The summed E-state index contributed by atoms with van der Waals surface area (Å²) in [7, 11) is 0. The van der Waals surface area contributed by atoms with Crippen LogP contribution in [0.2, 0.25) is 5.02 Å². The molecule has 0 radical (unpaired) electrons. The number of hydrogen-bond donors (Lipinski definition) is 3. The Bertz CT molecular complexity index is 390. The zero-order chi connectivity index (χ0) is 10.8. The van der Waals surface area contributed by atoms with Gasteiger partial charge in [-0.2, -0.15) is 0 Å². The number of carbonyl (C=O) groups excluding carboxylic acids is 1. The van der Waals surface area contributed by atoms with Crippen LogP contribution >= 0.6 is 11.6 Å². The monoisotopic (exact) mass is 225 g/mol. The molecule has 0 saturated carbocycles. The second-order valence-electron chi connectivity index (χ2n) is 3.55. The third kappa shape index (κ3) is 2.22. The fourth-order valence-corrected chi connectivity index (χ4v) is 1.63. The molecule has 5 heteroatoms. The molecule has 80 valence electrons. The molecule has 1 aliphatic heterocycles. The average molecular weight is 226 g/mol. The maximum Gasteiger partial charge on any atom is 0.250 e. The highest BCUT2D eigenvalue weighted by atomic mass is 35.5. The summed E-state index contributed by atoms with van der Waals surface area (Å²) in [5.74, 6) is -0.465. The highest BCUT2D eigenvalue weighted by molar-refractivity contribution is 6.31. The van der Waals surface area contributed by atoms with Gasteiger partial charge >= 0.3 is 0 Å². The van der Waals surface area contributed by atoms with Gasteiger partial charge < -0.3 is 16.4 Å². The van der Waals surface area contributed by atoms with Crippen LogP contribution in [0, 0.1) is 0 Å². The zero-order valence-corrected chi connectivity index (χ0v) is 8.84. The summed E-state index contributed by atoms with van der Waals surface area (Å²) >= 11 is 5.80. The summed E-state index contributed by atoms with van der Waals surface area (Å²) in [4.78, 5) is 11.2. The summed E-state index contributed by atoms with van der Waals surface area (Å²) in [5.41, 5.74) is 6.45. The van der Waals surface area contributed by atoms with E-state index in [0.29, 0.717) is 16.6 Å². The van der Waals surface area contributed by atoms with Crippen molar-refractivity contribution in [3.05, 3.63) is 28.8 Å². The van der Waals surface area contributed by atoms with E-state index in [1.807, 2.05) is 0 Å². The van der Waals surface area contributed by atoms with Gasteiger partial charge in [0.2, 0.25) is 0 Å². The molecule has 4 nitrogen and oxygen atoms in total. The normalized spacial score (nSPS) is 15.8. The molecule has 0 bridgehead atoms. The SMILES string of the molecule is NC(=O)c1cc(Cl)ccc1NC1CNC1. The van der Waals surface area contributed by atoms with Crippen molar-refractivity contribution in [2.75, 3.05) is 18.4 Å². The van der Waals surface area contributed by atoms with Gasteiger partial charge in [0.25, 0.3) is 5.91 Å². The van der Waals surface area contributed by atoms with Gasteiger partial charge in [0.05, 0.1) is 11.6 Å². The third-order valence-electron chi connectivity index (χ3n) is 2.39. The second-order valence-corrected chi connectivity index (χ2v) is 3.99. The van der Waals surface area contributed by atoms with Crippen molar-refractivity contribution in [2.45, 2.75) is 6.04 Å². The minimum atomic E-state index is -0.465. The van der Waals surface area contributed by atoms with Gasteiger partial charge in [-0.3, -0.25) is 4.79 Å². The van der Waals surface area contributed by atoms with Gasteiger partial charge in [0, 0.05) is 23.8 Å². The summed E-state index contributed by atoms with van der Waals surface area (Å²) < 4.78 is 0. The van der Waals surface area contributed by atoms with E-state index in [1.54, 1.807) is 18.2 Å². The largest absolute Gasteiger partial charge is 0.379 e. The van der Waals surface area contributed by atoms with E-state index in [-0.39, 0.29) is 0 Å². The molecule has 4 N–H and O–H groups in total. The number of carbonyl (C=O) groups is 1. The number of rotatable bonds is 3. The van der Waals surface area contributed by atoms with Crippen LogP contribution in [-0.2, 0) is 0 Å². The molecule has 2 rings (SSSR count). The number of nitrogens with two attached hydrogens (primary N) is 1. The van der Waals surface area contributed by atoms with Gasteiger partial charge in [-0.25, -0.2) is 0 Å². The highest BCUT2D eigenvalue weighted by Crippen LogP contribution is 2.21. The van der Waals surface area contributed by atoms with Crippen LogP contribution in [0.5, 0.6) is 0 Å². The molecule has 0 spiro atoms. The number of nitrogens with one attached hydrogen (secondary N) is 2. The smallest absolute Gasteiger partial charge is 0.250 e. The van der Waals surface area contributed by atoms with E-state index in [4.69, 9.17) is 17.3 Å². The van der Waals surface area contributed by atoms with Crippen LogP contribution in [0.25, 0.3) is 0 Å². The lowest BCUT2D eigenvalue weighted by Gasteiger charge is -2.29. The third-order valence-corrected chi connectivity index (χ3v) is 2.62. The van der Waals surface area contributed by atoms with Crippen LogP contribution in [0.4, 0.5) is 5.69 Å². The fraction of sp³-hybridized carbons (Fsp3) is 0.300. The van der Waals surface area contributed by atoms with Crippen LogP contribution < -0.4 is 16.4 Å². The predicted octanol–water partition coefficient (Wildman–Crippen LogP) is 0.823. The molecule has 15 heavy (non-hydrogen) atoms. The number of halogens is 1. The molecule has 0 atom stereocenters. The van der Waals surface area contributed by atoms with Gasteiger partial charge in [0.1, 0.15) is 0 Å². The predicted molar refractivity (Wildman–Crippen MR) is 60.3 cm³/mol. The van der Waals surface area contributed by atoms with Crippen LogP contribution in [0.3, 0.4) is 0 Å². The van der Waals surface area contributed by atoms with Crippen molar-refractivity contribution in [1.82, 2.24) is 5.32 Å². The quantitative estimate of drug-likeness (QED) is 0.714. The minimum Gasteiger partial charge on any atom is -0.379 e. The van der Waals surface area contributed by atoms with E-state index >= 15 is 0 Å². The Hall–Kier alpha value is -1.26. The summed E-state index contributed by atoms with van der Waals surface area (Å²) in [6.45, 7) is 1.81. The Morgan fingerprint density at radius 3 is 2.80 bits per heavy atom. The zero-order valence-electron chi connectivity index (χ0n) is 8.09. The average Bonchev–Trinajstić information content (AvgIpc) is 2.12. The van der Waals surface area contributed by atoms with Gasteiger partial charge in [-0.1, -0.05) is 11.6 Å². The molecule has 1 aromatic carbocycles. The molecular formula is C10H12ClN3O. The van der Waals surface area contributed by atoms with E-state index < -0.39 is 5.91 Å². The standard InChI is InChI=1S/C10H12ClN3O/c11-6-1-2-9(8(3-6)10(12)15)14-7-4-13-5-7/h1-3,7,13-14H,4-5H2,(H2,12,15). The molecule has 0 aliphatic carbocycles. The number of amides is 1. The molecule has 0 aromatic heterocycles. The molecule has 1 saturated heterocycles. The first-order valence-electron chi connectivity index (χ1n) is 4.73. The maximum atomic E-state index is 11.2. The topological polar surface area (TPSA) is 67.2 Å². The van der Waals surface area contributed by atoms with Gasteiger partial charge in [-0.05, 0) is 18.2 Å². The molecule has 1 amide bonds. The Kier molecular flexibility index (Phi) is 2.79. The Labute approximate surface area is 92.8 Å². The minimum absolute atomic E-state index is 0.365. The molecule has 1 aromatic rings. The number of hydrogen-bond acceptors (Lipinski definition) is 3. The Morgan fingerprint density at radius 2 is 2.27 bits per heavy atom. The Balaban J connectivity index is 2.23. The highest BCUT2D eigenvalue weighted by Gasteiger charge is 2.18. The second kappa shape index (κ2) is 4.08. The van der Waals surface area contributed by atoms with Crippen molar-refractivity contribution in [1.29, 1.82) is 0 Å². The van der Waals surface area contributed by atoms with Crippen molar-refractivity contribution >= 4 is 23.2 Å². The van der Waals surface area contributed by atoms with Gasteiger partial charge in [-0.15, -0.1) is 0 Å². The van der Waals surface area contributed by atoms with Crippen LogP contribution in [0.1, 0.15) is 10.4 Å². The van der Waals surface area contributed by atoms with E-state index in [1.165, 1.54) is 0 Å². The Morgan fingerprint density at radius 1 is 1.53 bits per heavy atom. The van der Waals surface area contributed by atoms with Crippen LogP contribution in [0.15, 0.2) is 18.2 Å². The first-order chi connectivity index (χ1) is 7.16. The van der Waals surface area contributed by atoms with E-state index in [0.717, 1.165) is 18.8 Å². The molecular weight excluding hydrogens is 214 g/mol. The summed E-state index contributed by atoms with van der Waals surface area (Å²) in [5, 5.41) is 6.89. The first-order valence-corrected chi connectivity index (χ1v) is 5.11. The number of benzene rings is 1. The van der Waals surface area contributed by atoms with Crippen LogP contribution in [-0.4, -0.2) is 25.0 Å². The lowest BCUT2D eigenvalue weighted by Crippen LogP contribution is -2.51. The molecule has 1 heterocycles. The molecule has 1 fully saturated rings. The molecule has 1 aliphatic rings. The van der Waals surface area contributed by atoms with E-state index in [9.17, 15) is 4.79 Å². The number of anilines is 1. The lowest BCUT2D eigenvalue weighted by molar-refractivity contribution is 0.100. The maximum absolute atomic E-state index is 11.2. The summed E-state index contributed by atoms with van der Waals surface area (Å²) in [6, 6.07) is 5.46.